The molecule has 0 radical (unpaired) electrons. The Hall–Kier alpha value is -1.95. The van der Waals surface area contributed by atoms with Gasteiger partial charge in [0.1, 0.15) is 6.04 Å². The summed E-state index contributed by atoms with van der Waals surface area (Å²) in [5.74, 6) is -0.955. The average molecular weight is 316 g/mol. The zero-order valence-electron chi connectivity index (χ0n) is 12.1. The van der Waals surface area contributed by atoms with Gasteiger partial charge in [-0.2, -0.15) is 0 Å². The molecule has 0 spiro atoms. The first-order valence-electron chi connectivity index (χ1n) is 6.48. The molecule has 0 saturated heterocycles. The second-order valence-corrected chi connectivity index (χ2v) is 4.60. The number of carbonyl (C=O) groups is 2. The number of carbonyl (C=O) groups excluding carboxylic acids is 1. The summed E-state index contributed by atoms with van der Waals surface area (Å²) in [7, 11) is 1.43. The lowest BCUT2D eigenvalue weighted by Gasteiger charge is -2.15. The van der Waals surface area contributed by atoms with Gasteiger partial charge in [0.25, 0.3) is 5.91 Å². The second kappa shape index (κ2) is 7.73. The number of halogens is 1. The molecule has 0 aliphatic rings. The van der Waals surface area contributed by atoms with Crippen molar-refractivity contribution in [1.29, 1.82) is 0 Å². The molecular formula is C14H18ClNO5. The number of amides is 1. The van der Waals surface area contributed by atoms with Crippen molar-refractivity contribution >= 4 is 23.5 Å². The third-order valence-electron chi connectivity index (χ3n) is 2.79. The number of rotatable bonds is 7. The van der Waals surface area contributed by atoms with E-state index in [1.165, 1.54) is 19.2 Å². The maximum Gasteiger partial charge on any atom is 0.326 e. The monoisotopic (exact) mass is 315 g/mol. The van der Waals surface area contributed by atoms with Gasteiger partial charge in [-0.3, -0.25) is 4.79 Å². The quantitative estimate of drug-likeness (QED) is 0.806. The Labute approximate surface area is 128 Å². The van der Waals surface area contributed by atoms with E-state index in [1.54, 1.807) is 13.8 Å². The van der Waals surface area contributed by atoms with Crippen molar-refractivity contribution in [3.8, 4) is 11.5 Å². The number of hydrogen-bond donors (Lipinski definition) is 2. The molecule has 7 heteroatoms. The highest BCUT2D eigenvalue weighted by atomic mass is 35.5. The molecule has 0 fully saturated rings. The van der Waals surface area contributed by atoms with Gasteiger partial charge in [-0.05, 0) is 25.5 Å². The highest BCUT2D eigenvalue weighted by molar-refractivity contribution is 6.32. The lowest BCUT2D eigenvalue weighted by molar-refractivity contribution is -0.139. The van der Waals surface area contributed by atoms with Gasteiger partial charge in [-0.1, -0.05) is 18.5 Å². The summed E-state index contributed by atoms with van der Waals surface area (Å²) in [6.45, 7) is 3.87. The molecule has 21 heavy (non-hydrogen) atoms. The van der Waals surface area contributed by atoms with Crippen molar-refractivity contribution < 1.29 is 24.2 Å². The molecule has 116 valence electrons. The van der Waals surface area contributed by atoms with Gasteiger partial charge >= 0.3 is 5.97 Å². The Kier molecular flexibility index (Phi) is 6.30. The fourth-order valence-corrected chi connectivity index (χ4v) is 1.98. The van der Waals surface area contributed by atoms with Crippen LogP contribution in [0.1, 0.15) is 30.6 Å². The molecule has 6 nitrogen and oxygen atoms in total. The molecule has 0 aromatic heterocycles. The summed E-state index contributed by atoms with van der Waals surface area (Å²) in [5.41, 5.74) is 0.208. The molecule has 1 aromatic rings. The van der Waals surface area contributed by atoms with Crippen molar-refractivity contribution in [2.75, 3.05) is 13.7 Å². The van der Waals surface area contributed by atoms with Crippen LogP contribution in [0.2, 0.25) is 5.02 Å². The molecule has 0 aliphatic carbocycles. The molecule has 1 rings (SSSR count). The van der Waals surface area contributed by atoms with Crippen molar-refractivity contribution in [1.82, 2.24) is 5.32 Å². The summed E-state index contributed by atoms with van der Waals surface area (Å²) in [6.07, 6.45) is 0.281. The van der Waals surface area contributed by atoms with E-state index in [0.29, 0.717) is 18.1 Å². The summed E-state index contributed by atoms with van der Waals surface area (Å²) >= 11 is 6.07. The van der Waals surface area contributed by atoms with E-state index in [-0.39, 0.29) is 17.0 Å². The van der Waals surface area contributed by atoms with Crippen molar-refractivity contribution in [2.24, 2.45) is 0 Å². The topological polar surface area (TPSA) is 84.9 Å². The summed E-state index contributed by atoms with van der Waals surface area (Å²) in [5, 5.41) is 11.6. The fourth-order valence-electron chi connectivity index (χ4n) is 1.72. The predicted octanol–water partition coefficient (Wildman–Crippen LogP) is 2.34. The maximum absolute atomic E-state index is 12.1. The second-order valence-electron chi connectivity index (χ2n) is 4.19. The summed E-state index contributed by atoms with van der Waals surface area (Å²) < 4.78 is 10.5. The first kappa shape index (κ1) is 17.1. The van der Waals surface area contributed by atoms with Crippen molar-refractivity contribution in [3.05, 3.63) is 22.7 Å². The zero-order valence-corrected chi connectivity index (χ0v) is 12.9. The van der Waals surface area contributed by atoms with Crippen molar-refractivity contribution in [2.45, 2.75) is 26.3 Å². The molecule has 1 unspecified atom stereocenters. The van der Waals surface area contributed by atoms with E-state index in [1.807, 2.05) is 0 Å². The normalized spacial score (nSPS) is 11.6. The third-order valence-corrected chi connectivity index (χ3v) is 3.07. The van der Waals surface area contributed by atoms with Gasteiger partial charge in [0.05, 0.1) is 18.7 Å². The SMILES string of the molecule is CCOc1c(Cl)cc(C(=O)NC(CC)C(=O)O)cc1OC. The molecule has 0 bridgehead atoms. The Bertz CT molecular complexity index is 532. The summed E-state index contributed by atoms with van der Waals surface area (Å²) in [4.78, 5) is 23.0. The minimum Gasteiger partial charge on any atom is -0.493 e. The van der Waals surface area contributed by atoms with Crippen LogP contribution >= 0.6 is 11.6 Å². The standard InChI is InChI=1S/C14H18ClNO5/c1-4-10(14(18)19)16-13(17)8-6-9(15)12(21-5-2)11(7-8)20-3/h6-7,10H,4-5H2,1-3H3,(H,16,17)(H,18,19). The number of benzene rings is 1. The van der Waals surface area contributed by atoms with Crippen molar-refractivity contribution in [3.63, 3.8) is 0 Å². The smallest absolute Gasteiger partial charge is 0.326 e. The number of methoxy groups -OCH3 is 1. The molecule has 2 N–H and O–H groups in total. The lowest BCUT2D eigenvalue weighted by Crippen LogP contribution is -2.40. The molecule has 1 amide bonds. The van der Waals surface area contributed by atoms with Crippen LogP contribution < -0.4 is 14.8 Å². The average Bonchev–Trinajstić information content (AvgIpc) is 2.45. The first-order chi connectivity index (χ1) is 9.94. The molecule has 1 aromatic carbocycles. The number of ether oxygens (including phenoxy) is 2. The zero-order chi connectivity index (χ0) is 16.0. The molecular weight excluding hydrogens is 298 g/mol. The van der Waals surface area contributed by atoms with Gasteiger partial charge in [-0.15, -0.1) is 0 Å². The van der Waals surface area contributed by atoms with Crippen LogP contribution in [0, 0.1) is 0 Å². The first-order valence-corrected chi connectivity index (χ1v) is 6.86. The highest BCUT2D eigenvalue weighted by Crippen LogP contribution is 2.36. The number of hydrogen-bond acceptors (Lipinski definition) is 4. The molecule has 0 aliphatic heterocycles. The van der Waals surface area contributed by atoms with E-state index < -0.39 is 17.9 Å². The van der Waals surface area contributed by atoms with E-state index in [4.69, 9.17) is 26.2 Å². The minimum atomic E-state index is -1.09. The Morgan fingerprint density at radius 1 is 1.38 bits per heavy atom. The largest absolute Gasteiger partial charge is 0.493 e. The minimum absolute atomic E-state index is 0.208. The van der Waals surface area contributed by atoms with Gasteiger partial charge in [0.15, 0.2) is 11.5 Å². The van der Waals surface area contributed by atoms with Crippen LogP contribution in [0.25, 0.3) is 0 Å². The third kappa shape index (κ3) is 4.26. The Morgan fingerprint density at radius 2 is 2.05 bits per heavy atom. The number of nitrogens with one attached hydrogen (secondary N) is 1. The molecule has 0 heterocycles. The van der Waals surface area contributed by atoms with Crippen LogP contribution in [0.4, 0.5) is 0 Å². The molecule has 0 saturated carbocycles. The highest BCUT2D eigenvalue weighted by Gasteiger charge is 2.21. The maximum atomic E-state index is 12.1. The van der Waals surface area contributed by atoms with Gasteiger partial charge in [-0.25, -0.2) is 4.79 Å². The lowest BCUT2D eigenvalue weighted by atomic mass is 10.1. The van der Waals surface area contributed by atoms with E-state index >= 15 is 0 Å². The van der Waals surface area contributed by atoms with Gasteiger partial charge in [0.2, 0.25) is 0 Å². The van der Waals surface area contributed by atoms with Crippen LogP contribution in [0.3, 0.4) is 0 Å². The number of carboxylic acid groups (broad SMARTS) is 1. The Morgan fingerprint density at radius 3 is 2.52 bits per heavy atom. The fraction of sp³-hybridized carbons (Fsp3) is 0.429. The number of aliphatic carboxylic acids is 1. The van der Waals surface area contributed by atoms with Gasteiger partial charge in [0, 0.05) is 5.56 Å². The number of carboxylic acids is 1. The summed E-state index contributed by atoms with van der Waals surface area (Å²) in [6, 6.07) is 1.92. The molecule has 1 atom stereocenters. The van der Waals surface area contributed by atoms with E-state index in [9.17, 15) is 9.59 Å². The van der Waals surface area contributed by atoms with Gasteiger partial charge < -0.3 is 19.9 Å². The van der Waals surface area contributed by atoms with Crippen LogP contribution in [-0.4, -0.2) is 36.7 Å². The Balaban J connectivity index is 3.05. The van der Waals surface area contributed by atoms with E-state index in [2.05, 4.69) is 5.32 Å². The van der Waals surface area contributed by atoms with Crippen LogP contribution in [-0.2, 0) is 4.79 Å². The predicted molar refractivity (Wildman–Crippen MR) is 78.4 cm³/mol. The van der Waals surface area contributed by atoms with E-state index in [0.717, 1.165) is 0 Å². The van der Waals surface area contributed by atoms with Crippen LogP contribution in [0.15, 0.2) is 12.1 Å². The van der Waals surface area contributed by atoms with Crippen LogP contribution in [0.5, 0.6) is 11.5 Å².